The Morgan fingerprint density at radius 3 is 3.00 bits per heavy atom. The standard InChI is InChI=1S/C11H11N3O2/c1-14-7-9(5-10(15)16)13-11(14)8-3-2-4-12-6-8/h2-4,6-7H,5H2,1H3,(H,15,16). The van der Waals surface area contributed by atoms with Gasteiger partial charge >= 0.3 is 5.97 Å². The highest BCUT2D eigenvalue weighted by Gasteiger charge is 2.09. The van der Waals surface area contributed by atoms with Crippen molar-refractivity contribution in [1.29, 1.82) is 0 Å². The highest BCUT2D eigenvalue weighted by molar-refractivity contribution is 5.70. The smallest absolute Gasteiger partial charge is 0.309 e. The Kier molecular flexibility index (Phi) is 2.68. The summed E-state index contributed by atoms with van der Waals surface area (Å²) in [4.78, 5) is 18.8. The highest BCUT2D eigenvalue weighted by atomic mass is 16.4. The van der Waals surface area contributed by atoms with Crippen molar-refractivity contribution >= 4 is 5.97 Å². The Bertz CT molecular complexity index is 505. The second kappa shape index (κ2) is 4.14. The number of aliphatic carboxylic acids is 1. The maximum Gasteiger partial charge on any atom is 0.309 e. The Hall–Kier alpha value is -2.17. The van der Waals surface area contributed by atoms with E-state index in [9.17, 15) is 4.79 Å². The van der Waals surface area contributed by atoms with Crippen LogP contribution in [0.1, 0.15) is 5.69 Å². The molecule has 5 nitrogen and oxygen atoms in total. The molecule has 16 heavy (non-hydrogen) atoms. The third kappa shape index (κ3) is 2.08. The molecule has 0 aliphatic rings. The monoisotopic (exact) mass is 217 g/mol. The first kappa shape index (κ1) is 10.4. The van der Waals surface area contributed by atoms with Crippen molar-refractivity contribution in [2.45, 2.75) is 6.42 Å². The van der Waals surface area contributed by atoms with Crippen LogP contribution in [0.2, 0.25) is 0 Å². The molecule has 0 saturated heterocycles. The molecule has 0 aliphatic carbocycles. The summed E-state index contributed by atoms with van der Waals surface area (Å²) < 4.78 is 1.80. The van der Waals surface area contributed by atoms with Gasteiger partial charge in [0.25, 0.3) is 0 Å². The predicted octanol–water partition coefficient (Wildman–Crippen LogP) is 1.11. The summed E-state index contributed by atoms with van der Waals surface area (Å²) in [7, 11) is 1.83. The highest BCUT2D eigenvalue weighted by Crippen LogP contribution is 2.16. The minimum absolute atomic E-state index is 0.0614. The lowest BCUT2D eigenvalue weighted by molar-refractivity contribution is -0.136. The third-order valence-corrected chi connectivity index (χ3v) is 2.18. The molecule has 0 spiro atoms. The summed E-state index contributed by atoms with van der Waals surface area (Å²) in [6.45, 7) is 0. The van der Waals surface area contributed by atoms with Crippen LogP contribution >= 0.6 is 0 Å². The molecule has 0 bridgehead atoms. The SMILES string of the molecule is Cn1cc(CC(=O)O)nc1-c1cccnc1. The molecule has 2 heterocycles. The second-order valence-corrected chi connectivity index (χ2v) is 3.48. The Morgan fingerprint density at radius 2 is 2.38 bits per heavy atom. The summed E-state index contributed by atoms with van der Waals surface area (Å²) in [5.74, 6) is -0.153. The van der Waals surface area contributed by atoms with Gasteiger partial charge in [0.2, 0.25) is 0 Å². The van der Waals surface area contributed by atoms with Gasteiger partial charge in [0, 0.05) is 31.2 Å². The molecule has 82 valence electrons. The molecule has 0 fully saturated rings. The molecule has 0 amide bonds. The van der Waals surface area contributed by atoms with Gasteiger partial charge in [-0.3, -0.25) is 9.78 Å². The van der Waals surface area contributed by atoms with Gasteiger partial charge in [-0.2, -0.15) is 0 Å². The van der Waals surface area contributed by atoms with Crippen molar-refractivity contribution in [3.63, 3.8) is 0 Å². The van der Waals surface area contributed by atoms with E-state index < -0.39 is 5.97 Å². The summed E-state index contributed by atoms with van der Waals surface area (Å²) in [5.41, 5.74) is 1.43. The average molecular weight is 217 g/mol. The number of imidazole rings is 1. The number of pyridine rings is 1. The molecule has 1 N–H and O–H groups in total. The number of hydrogen-bond acceptors (Lipinski definition) is 3. The number of carbonyl (C=O) groups is 1. The van der Waals surface area contributed by atoms with Gasteiger partial charge in [0.1, 0.15) is 5.82 Å². The van der Waals surface area contributed by atoms with Crippen LogP contribution < -0.4 is 0 Å². The van der Waals surface area contributed by atoms with E-state index in [-0.39, 0.29) is 6.42 Å². The van der Waals surface area contributed by atoms with Crippen LogP contribution in [0.5, 0.6) is 0 Å². The van der Waals surface area contributed by atoms with Crippen LogP contribution in [0.15, 0.2) is 30.7 Å². The first-order valence-corrected chi connectivity index (χ1v) is 4.81. The number of aromatic nitrogens is 3. The minimum atomic E-state index is -0.879. The fourth-order valence-corrected chi connectivity index (χ4v) is 1.53. The molecule has 5 heteroatoms. The number of nitrogens with zero attached hydrogens (tertiary/aromatic N) is 3. The van der Waals surface area contributed by atoms with E-state index in [0.29, 0.717) is 5.69 Å². The van der Waals surface area contributed by atoms with Crippen molar-refractivity contribution in [3.8, 4) is 11.4 Å². The molecule has 0 unspecified atom stereocenters. The van der Waals surface area contributed by atoms with Crippen LogP contribution in [0.25, 0.3) is 11.4 Å². The maximum absolute atomic E-state index is 10.6. The van der Waals surface area contributed by atoms with Gasteiger partial charge in [-0.25, -0.2) is 4.98 Å². The molecular weight excluding hydrogens is 206 g/mol. The van der Waals surface area contributed by atoms with Crippen LogP contribution in [-0.2, 0) is 18.3 Å². The predicted molar refractivity (Wildman–Crippen MR) is 57.8 cm³/mol. The van der Waals surface area contributed by atoms with Crippen LogP contribution in [0.3, 0.4) is 0 Å². The Balaban J connectivity index is 2.36. The van der Waals surface area contributed by atoms with Gasteiger partial charge in [0.05, 0.1) is 12.1 Å². The van der Waals surface area contributed by atoms with E-state index in [1.165, 1.54) is 0 Å². The van der Waals surface area contributed by atoms with E-state index in [4.69, 9.17) is 5.11 Å². The first-order valence-electron chi connectivity index (χ1n) is 4.81. The Morgan fingerprint density at radius 1 is 1.56 bits per heavy atom. The fourth-order valence-electron chi connectivity index (χ4n) is 1.53. The third-order valence-electron chi connectivity index (χ3n) is 2.18. The van der Waals surface area contributed by atoms with E-state index in [2.05, 4.69) is 9.97 Å². The molecule has 0 saturated carbocycles. The van der Waals surface area contributed by atoms with Crippen molar-refractivity contribution in [1.82, 2.24) is 14.5 Å². The van der Waals surface area contributed by atoms with Crippen molar-refractivity contribution in [2.75, 3.05) is 0 Å². The van der Waals surface area contributed by atoms with E-state index in [1.54, 1.807) is 23.2 Å². The lowest BCUT2D eigenvalue weighted by atomic mass is 10.3. The van der Waals surface area contributed by atoms with Crippen LogP contribution in [0.4, 0.5) is 0 Å². The van der Waals surface area contributed by atoms with Gasteiger partial charge in [0.15, 0.2) is 0 Å². The largest absolute Gasteiger partial charge is 0.481 e. The van der Waals surface area contributed by atoms with Crippen LogP contribution in [0, 0.1) is 0 Å². The van der Waals surface area contributed by atoms with Crippen molar-refractivity contribution in [3.05, 3.63) is 36.4 Å². The number of carboxylic acid groups (broad SMARTS) is 1. The lowest BCUT2D eigenvalue weighted by Crippen LogP contribution is -1.99. The van der Waals surface area contributed by atoms with Crippen molar-refractivity contribution < 1.29 is 9.90 Å². The summed E-state index contributed by atoms with van der Waals surface area (Å²) in [6.07, 6.45) is 5.04. The Labute approximate surface area is 92.4 Å². The molecule has 0 radical (unpaired) electrons. The summed E-state index contributed by atoms with van der Waals surface area (Å²) >= 11 is 0. The number of hydrogen-bond donors (Lipinski definition) is 1. The van der Waals surface area contributed by atoms with Crippen LogP contribution in [-0.4, -0.2) is 25.6 Å². The normalized spacial score (nSPS) is 10.3. The van der Waals surface area contributed by atoms with E-state index >= 15 is 0 Å². The van der Waals surface area contributed by atoms with E-state index in [1.807, 2.05) is 19.2 Å². The zero-order chi connectivity index (χ0) is 11.5. The van der Waals surface area contributed by atoms with Crippen molar-refractivity contribution in [2.24, 2.45) is 7.05 Å². The summed E-state index contributed by atoms with van der Waals surface area (Å²) in [6, 6.07) is 3.71. The number of rotatable bonds is 3. The van der Waals surface area contributed by atoms with Gasteiger partial charge < -0.3 is 9.67 Å². The minimum Gasteiger partial charge on any atom is -0.481 e. The number of carboxylic acids is 1. The average Bonchev–Trinajstić information content (AvgIpc) is 2.60. The zero-order valence-electron chi connectivity index (χ0n) is 8.79. The molecular formula is C11H11N3O2. The lowest BCUT2D eigenvalue weighted by Gasteiger charge is -1.99. The summed E-state index contributed by atoms with van der Waals surface area (Å²) in [5, 5.41) is 8.68. The van der Waals surface area contributed by atoms with Gasteiger partial charge in [-0.1, -0.05) is 0 Å². The number of aryl methyl sites for hydroxylation is 1. The van der Waals surface area contributed by atoms with Gasteiger partial charge in [-0.05, 0) is 12.1 Å². The topological polar surface area (TPSA) is 68.0 Å². The molecule has 2 rings (SSSR count). The van der Waals surface area contributed by atoms with Gasteiger partial charge in [-0.15, -0.1) is 0 Å². The second-order valence-electron chi connectivity index (χ2n) is 3.48. The first-order chi connectivity index (χ1) is 7.66. The molecule has 0 atom stereocenters. The zero-order valence-corrected chi connectivity index (χ0v) is 8.79. The fraction of sp³-hybridized carbons (Fsp3) is 0.182. The molecule has 0 aromatic carbocycles. The molecule has 2 aromatic heterocycles. The quantitative estimate of drug-likeness (QED) is 0.836. The molecule has 2 aromatic rings. The molecule has 0 aliphatic heterocycles. The maximum atomic E-state index is 10.6. The van der Waals surface area contributed by atoms with E-state index in [0.717, 1.165) is 11.4 Å².